The van der Waals surface area contributed by atoms with Gasteiger partial charge in [-0.25, -0.2) is 0 Å². The van der Waals surface area contributed by atoms with Crippen LogP contribution in [0, 0.1) is 0 Å². The Kier molecular flexibility index (Phi) is 5.52. The lowest BCUT2D eigenvalue weighted by Crippen LogP contribution is -2.28. The van der Waals surface area contributed by atoms with Crippen molar-refractivity contribution in [2.24, 2.45) is 0 Å². The zero-order valence-electron chi connectivity index (χ0n) is 16.6. The van der Waals surface area contributed by atoms with E-state index in [1.165, 1.54) is 0 Å². The van der Waals surface area contributed by atoms with Gasteiger partial charge in [-0.3, -0.25) is 0 Å². The smallest absolute Gasteiger partial charge is 0.231 e. The van der Waals surface area contributed by atoms with Crippen LogP contribution in [0.2, 0.25) is 19.6 Å². The summed E-state index contributed by atoms with van der Waals surface area (Å²) in [4.78, 5) is 0. The van der Waals surface area contributed by atoms with Gasteiger partial charge in [0.15, 0.2) is 31.3 Å². The van der Waals surface area contributed by atoms with Crippen LogP contribution in [0.5, 0.6) is 28.7 Å². The molecule has 0 aliphatic carbocycles. The van der Waals surface area contributed by atoms with E-state index in [1.807, 2.05) is 30.3 Å². The first-order valence-corrected chi connectivity index (χ1v) is 12.1. The number of rotatable bonds is 7. The van der Waals surface area contributed by atoms with Gasteiger partial charge in [-0.05, 0) is 55.0 Å². The average molecular weight is 391 g/mol. The lowest BCUT2D eigenvalue weighted by atomic mass is 10.00. The Morgan fingerprint density at radius 2 is 1.44 bits per heavy atom. The number of methoxy groups -OCH3 is 3. The van der Waals surface area contributed by atoms with Crippen LogP contribution in [-0.2, 0) is 4.43 Å². The van der Waals surface area contributed by atoms with Crippen LogP contribution in [0.3, 0.4) is 0 Å². The van der Waals surface area contributed by atoms with Gasteiger partial charge in [0, 0.05) is 0 Å². The van der Waals surface area contributed by atoms with E-state index < -0.39 is 8.32 Å². The highest BCUT2D eigenvalue weighted by atomic mass is 28.4. The zero-order chi connectivity index (χ0) is 19.6. The molecule has 1 atom stereocenters. The molecular weight excluding hydrogens is 364 g/mol. The molecule has 0 spiro atoms. The van der Waals surface area contributed by atoms with Crippen LogP contribution < -0.4 is 23.7 Å². The molecule has 146 valence electrons. The number of fused-ring (bicyclic) bond motifs is 1. The Hall–Kier alpha value is -2.38. The van der Waals surface area contributed by atoms with Crippen LogP contribution >= 0.6 is 0 Å². The summed E-state index contributed by atoms with van der Waals surface area (Å²) in [6, 6.07) is 9.74. The van der Waals surface area contributed by atoms with E-state index in [0.717, 1.165) is 22.6 Å². The van der Waals surface area contributed by atoms with Crippen molar-refractivity contribution >= 4 is 8.32 Å². The maximum Gasteiger partial charge on any atom is 0.231 e. The minimum absolute atomic E-state index is 0.239. The highest BCUT2D eigenvalue weighted by Crippen LogP contribution is 2.43. The van der Waals surface area contributed by atoms with Gasteiger partial charge in [0.05, 0.1) is 27.4 Å². The van der Waals surface area contributed by atoms with Crippen LogP contribution in [-0.4, -0.2) is 36.4 Å². The van der Waals surface area contributed by atoms with E-state index in [9.17, 15) is 0 Å². The predicted octanol–water partition coefficient (Wildman–Crippen LogP) is 4.38. The first kappa shape index (κ1) is 19.4. The predicted molar refractivity (Wildman–Crippen MR) is 105 cm³/mol. The summed E-state index contributed by atoms with van der Waals surface area (Å²) in [5.74, 6) is 3.22. The van der Waals surface area contributed by atoms with Crippen LogP contribution in [0.4, 0.5) is 0 Å². The van der Waals surface area contributed by atoms with Crippen molar-refractivity contribution in [3.05, 3.63) is 41.5 Å². The minimum atomic E-state index is -1.87. The number of hydrogen-bond acceptors (Lipinski definition) is 6. The van der Waals surface area contributed by atoms with Gasteiger partial charge in [0.1, 0.15) is 0 Å². The highest BCUT2D eigenvalue weighted by Gasteiger charge is 2.28. The summed E-state index contributed by atoms with van der Waals surface area (Å²) in [6.07, 6.45) is -0.292. The zero-order valence-corrected chi connectivity index (χ0v) is 17.6. The molecule has 1 unspecified atom stereocenters. The summed E-state index contributed by atoms with van der Waals surface area (Å²) in [5, 5.41) is 0. The molecule has 0 saturated carbocycles. The van der Waals surface area contributed by atoms with Gasteiger partial charge in [-0.2, -0.15) is 0 Å². The van der Waals surface area contributed by atoms with Gasteiger partial charge < -0.3 is 28.1 Å². The molecule has 0 aromatic heterocycles. The van der Waals surface area contributed by atoms with E-state index >= 15 is 0 Å². The number of benzene rings is 2. The topological polar surface area (TPSA) is 55.4 Å². The quantitative estimate of drug-likeness (QED) is 0.654. The summed E-state index contributed by atoms with van der Waals surface area (Å²) in [5.41, 5.74) is 1.90. The molecule has 6 nitrogen and oxygen atoms in total. The fourth-order valence-electron chi connectivity index (χ4n) is 3.01. The van der Waals surface area contributed by atoms with E-state index in [-0.39, 0.29) is 12.9 Å². The number of hydrogen-bond donors (Lipinski definition) is 0. The molecule has 27 heavy (non-hydrogen) atoms. The molecular formula is C20H26O6Si. The molecule has 2 aromatic carbocycles. The summed E-state index contributed by atoms with van der Waals surface area (Å²) in [7, 11) is 2.93. The second-order valence-corrected chi connectivity index (χ2v) is 11.6. The van der Waals surface area contributed by atoms with Crippen LogP contribution in [0.15, 0.2) is 30.3 Å². The second kappa shape index (κ2) is 7.70. The van der Waals surface area contributed by atoms with Gasteiger partial charge in [0.25, 0.3) is 0 Å². The van der Waals surface area contributed by atoms with E-state index in [1.54, 1.807) is 21.3 Å². The van der Waals surface area contributed by atoms with E-state index in [2.05, 4.69) is 19.6 Å². The fraction of sp³-hybridized carbons (Fsp3) is 0.400. The van der Waals surface area contributed by atoms with E-state index in [0.29, 0.717) is 17.2 Å². The third-order valence-electron chi connectivity index (χ3n) is 4.16. The third kappa shape index (κ3) is 4.14. The maximum absolute atomic E-state index is 6.53. The van der Waals surface area contributed by atoms with Gasteiger partial charge in [0.2, 0.25) is 12.5 Å². The van der Waals surface area contributed by atoms with Crippen molar-refractivity contribution in [3.8, 4) is 28.7 Å². The highest BCUT2D eigenvalue weighted by molar-refractivity contribution is 6.69. The molecule has 0 N–H and O–H groups in total. The molecule has 2 aromatic rings. The molecule has 3 rings (SSSR count). The normalized spacial score (nSPS) is 14.0. The first-order chi connectivity index (χ1) is 12.9. The standard InChI is InChI=1S/C20H26O6Si/c1-21-17-10-14(11-18(22-2)20(17)23-3)19(26-27(4,5)6)13-7-8-15-16(9-13)25-12-24-15/h7-11,19H,12H2,1-6H3. The molecule has 0 radical (unpaired) electrons. The summed E-state index contributed by atoms with van der Waals surface area (Å²) >= 11 is 0. The molecule has 0 bridgehead atoms. The number of ether oxygens (including phenoxy) is 5. The molecule has 7 heteroatoms. The largest absolute Gasteiger partial charge is 0.493 e. The van der Waals surface area contributed by atoms with Crippen molar-refractivity contribution in [1.29, 1.82) is 0 Å². The first-order valence-electron chi connectivity index (χ1n) is 8.73. The Bertz CT molecular complexity index is 790. The van der Waals surface area contributed by atoms with Crippen molar-refractivity contribution in [1.82, 2.24) is 0 Å². The Labute approximate surface area is 161 Å². The maximum atomic E-state index is 6.53. The SMILES string of the molecule is COc1cc(C(O[Si](C)(C)C)c2ccc3c(c2)OCO3)cc(OC)c1OC. The van der Waals surface area contributed by atoms with E-state index in [4.69, 9.17) is 28.1 Å². The van der Waals surface area contributed by atoms with Gasteiger partial charge in [-0.15, -0.1) is 0 Å². The lowest BCUT2D eigenvalue weighted by Gasteiger charge is -2.28. The summed E-state index contributed by atoms with van der Waals surface area (Å²) < 4.78 is 34.0. The van der Waals surface area contributed by atoms with Gasteiger partial charge in [-0.1, -0.05) is 6.07 Å². The third-order valence-corrected chi connectivity index (χ3v) is 5.10. The van der Waals surface area contributed by atoms with Crippen molar-refractivity contribution < 1.29 is 28.1 Å². The molecule has 0 saturated heterocycles. The van der Waals surface area contributed by atoms with Gasteiger partial charge >= 0.3 is 0 Å². The fourth-order valence-corrected chi connectivity index (χ4v) is 3.99. The molecule has 1 aliphatic rings. The molecule has 0 amide bonds. The average Bonchev–Trinajstić information content (AvgIpc) is 3.11. The van der Waals surface area contributed by atoms with Crippen molar-refractivity contribution in [2.75, 3.05) is 28.1 Å². The molecule has 1 heterocycles. The monoisotopic (exact) mass is 390 g/mol. The Morgan fingerprint density at radius 3 is 2.00 bits per heavy atom. The van der Waals surface area contributed by atoms with Crippen LogP contribution in [0.25, 0.3) is 0 Å². The Balaban J connectivity index is 2.11. The second-order valence-electron chi connectivity index (χ2n) is 7.18. The summed E-state index contributed by atoms with van der Waals surface area (Å²) in [6.45, 7) is 6.71. The molecule has 0 fully saturated rings. The Morgan fingerprint density at radius 1 is 0.815 bits per heavy atom. The van der Waals surface area contributed by atoms with Crippen molar-refractivity contribution in [3.63, 3.8) is 0 Å². The molecule has 1 aliphatic heterocycles. The lowest BCUT2D eigenvalue weighted by molar-refractivity contribution is 0.173. The minimum Gasteiger partial charge on any atom is -0.493 e. The van der Waals surface area contributed by atoms with Crippen molar-refractivity contribution in [2.45, 2.75) is 25.7 Å². The van der Waals surface area contributed by atoms with Crippen LogP contribution in [0.1, 0.15) is 17.2 Å².